The highest BCUT2D eigenvalue weighted by Crippen LogP contribution is 2.44. The van der Waals surface area contributed by atoms with Gasteiger partial charge in [-0.2, -0.15) is 25.0 Å². The van der Waals surface area contributed by atoms with E-state index in [4.69, 9.17) is 20.4 Å². The number of nitrogens with two attached hydrogens (primary N) is 1. The lowest BCUT2D eigenvalue weighted by Gasteiger charge is -2.51. The zero-order chi connectivity index (χ0) is 35.3. The summed E-state index contributed by atoms with van der Waals surface area (Å²) in [6, 6.07) is 0.0966. The fourth-order valence-electron chi connectivity index (χ4n) is 7.28. The lowest BCUT2D eigenvalue weighted by atomic mass is 9.75. The highest BCUT2D eigenvalue weighted by Gasteiger charge is 2.46. The van der Waals surface area contributed by atoms with Gasteiger partial charge in [-0.15, -0.1) is 0 Å². The quantitative estimate of drug-likeness (QED) is 0.0504. The van der Waals surface area contributed by atoms with Crippen LogP contribution in [0.2, 0.25) is 0 Å². The summed E-state index contributed by atoms with van der Waals surface area (Å²) in [6.07, 6.45) is 27.5. The molecule has 1 aliphatic rings. The minimum Gasteiger partial charge on any atom is -0.465 e. The molecule has 2 rings (SSSR count). The zero-order valence-electron chi connectivity index (χ0n) is 32.3. The van der Waals surface area contributed by atoms with Gasteiger partial charge in [0, 0.05) is 23.5 Å². The van der Waals surface area contributed by atoms with E-state index in [1.807, 2.05) is 0 Å². The second-order valence-electron chi connectivity index (χ2n) is 15.8. The van der Waals surface area contributed by atoms with Crippen molar-refractivity contribution in [3.63, 3.8) is 0 Å². The van der Waals surface area contributed by atoms with Crippen LogP contribution in [0.4, 0.5) is 11.9 Å². The van der Waals surface area contributed by atoms with Gasteiger partial charge in [0.1, 0.15) is 5.82 Å². The van der Waals surface area contributed by atoms with E-state index in [9.17, 15) is 5.21 Å². The number of unbranched alkanes of at least 4 members (excludes halogenated alkanes) is 16. The van der Waals surface area contributed by atoms with Gasteiger partial charge in [0.05, 0.1) is 6.61 Å². The summed E-state index contributed by atoms with van der Waals surface area (Å²) < 4.78 is 5.80. The molecule has 0 aliphatic carbocycles. The van der Waals surface area contributed by atoms with Crippen molar-refractivity contribution in [2.45, 2.75) is 207 Å². The van der Waals surface area contributed by atoms with Gasteiger partial charge < -0.3 is 21.0 Å². The second kappa shape index (κ2) is 23.4. The molecule has 0 aromatic carbocycles. The van der Waals surface area contributed by atoms with Crippen LogP contribution in [0.25, 0.3) is 0 Å². The fourth-order valence-corrected chi connectivity index (χ4v) is 7.28. The number of hydrogen-bond donors (Lipinski definition) is 3. The molecule has 1 unspecified atom stereocenters. The molecule has 0 radical (unpaired) electrons. The smallest absolute Gasteiger partial charge is 0.290 e. The molecule has 9 nitrogen and oxygen atoms in total. The van der Waals surface area contributed by atoms with Crippen molar-refractivity contribution < 1.29 is 9.94 Å². The summed E-state index contributed by atoms with van der Waals surface area (Å²) in [5.41, 5.74) is 5.38. The summed E-state index contributed by atoms with van der Waals surface area (Å²) in [7, 11) is 0. The summed E-state index contributed by atoms with van der Waals surface area (Å²) >= 11 is 0. The molecule has 1 atom stereocenters. The molecular formula is C39H75N7O2. The molecular weight excluding hydrogens is 598 g/mol. The molecule has 48 heavy (non-hydrogen) atoms. The molecule has 1 aromatic heterocycles. The molecule has 1 saturated heterocycles. The van der Waals surface area contributed by atoms with Crippen LogP contribution in [-0.4, -0.2) is 55.5 Å². The Morgan fingerprint density at radius 3 is 1.79 bits per heavy atom. The van der Waals surface area contributed by atoms with E-state index in [-0.39, 0.29) is 17.9 Å². The number of piperidine rings is 1. The first-order valence-corrected chi connectivity index (χ1v) is 20.0. The predicted molar refractivity (Wildman–Crippen MR) is 202 cm³/mol. The van der Waals surface area contributed by atoms with Gasteiger partial charge in [-0.25, -0.2) is 0 Å². The number of nitrogens with one attached hydrogen (secondary N) is 1. The summed E-state index contributed by atoms with van der Waals surface area (Å²) in [6.45, 7) is 16.3. The van der Waals surface area contributed by atoms with Gasteiger partial charge in [-0.05, 0) is 59.3 Å². The molecule has 0 spiro atoms. The van der Waals surface area contributed by atoms with Gasteiger partial charge in [-0.1, -0.05) is 136 Å². The Bertz CT molecular complexity index is 998. The second-order valence-corrected chi connectivity index (χ2v) is 15.8. The molecule has 4 N–H and O–H groups in total. The van der Waals surface area contributed by atoms with Crippen molar-refractivity contribution in [1.29, 1.82) is 0 Å². The van der Waals surface area contributed by atoms with Gasteiger partial charge >= 0.3 is 0 Å². The van der Waals surface area contributed by atoms with E-state index >= 15 is 0 Å². The van der Waals surface area contributed by atoms with E-state index in [2.05, 4.69) is 63.8 Å². The summed E-state index contributed by atoms with van der Waals surface area (Å²) in [4.78, 5) is 18.8. The Hall–Kier alpha value is -2.00. The maximum absolute atomic E-state index is 10.9. The zero-order valence-corrected chi connectivity index (χ0v) is 32.3. The Labute approximate surface area is 295 Å². The van der Waals surface area contributed by atoms with Gasteiger partial charge in [-0.3, -0.25) is 0 Å². The van der Waals surface area contributed by atoms with Crippen molar-refractivity contribution >= 4 is 17.9 Å². The largest absolute Gasteiger partial charge is 0.465 e. The molecule has 1 aliphatic heterocycles. The number of hydrogen-bond acceptors (Lipinski definition) is 8. The minimum atomic E-state index is -0.418. The van der Waals surface area contributed by atoms with E-state index < -0.39 is 11.1 Å². The summed E-state index contributed by atoms with van der Waals surface area (Å²) in [5.74, 6) is 2.09. The van der Waals surface area contributed by atoms with Crippen LogP contribution >= 0.6 is 0 Å². The predicted octanol–water partition coefficient (Wildman–Crippen LogP) is 10.8. The number of anilines is 1. The van der Waals surface area contributed by atoms with Crippen molar-refractivity contribution in [3.05, 3.63) is 5.82 Å². The third kappa shape index (κ3) is 16.6. The molecule has 0 amide bonds. The van der Waals surface area contributed by atoms with Crippen LogP contribution in [0.3, 0.4) is 0 Å². The number of amidine groups is 1. The van der Waals surface area contributed by atoms with E-state index in [1.54, 1.807) is 0 Å². The van der Waals surface area contributed by atoms with Crippen LogP contribution < -0.4 is 11.1 Å². The SMILES string of the molecule is CCCCCCCCCCCCCCCCCCOC(N)=Nc1nc(NCC(CC)CCCC)nc(C2CC(C)(C)N(O)C(C)(C)C2)n1. The molecule has 278 valence electrons. The topological polar surface area (TPSA) is 122 Å². The molecule has 9 heteroatoms. The highest BCUT2D eigenvalue weighted by atomic mass is 16.5. The van der Waals surface area contributed by atoms with Crippen molar-refractivity contribution in [3.8, 4) is 0 Å². The number of hydroxylamine groups is 2. The first-order valence-electron chi connectivity index (χ1n) is 20.0. The van der Waals surface area contributed by atoms with E-state index in [0.29, 0.717) is 24.3 Å². The van der Waals surface area contributed by atoms with Crippen LogP contribution in [0, 0.1) is 5.92 Å². The van der Waals surface area contributed by atoms with Crippen LogP contribution in [0.5, 0.6) is 0 Å². The molecule has 1 fully saturated rings. The maximum atomic E-state index is 10.9. The first-order chi connectivity index (χ1) is 23.0. The first kappa shape index (κ1) is 42.2. The number of aliphatic imine (C=N–C) groups is 1. The van der Waals surface area contributed by atoms with E-state index in [1.165, 1.54) is 114 Å². The lowest BCUT2D eigenvalue weighted by molar-refractivity contribution is -0.245. The van der Waals surface area contributed by atoms with Crippen molar-refractivity contribution in [2.24, 2.45) is 16.6 Å². The third-order valence-electron chi connectivity index (χ3n) is 10.2. The van der Waals surface area contributed by atoms with Crippen LogP contribution in [0.1, 0.15) is 201 Å². The Kier molecular flexibility index (Phi) is 20.6. The number of rotatable bonds is 26. The van der Waals surface area contributed by atoms with Crippen molar-refractivity contribution in [2.75, 3.05) is 18.5 Å². The molecule has 1 aromatic rings. The Morgan fingerprint density at radius 1 is 0.792 bits per heavy atom. The minimum absolute atomic E-state index is 0.0465. The summed E-state index contributed by atoms with van der Waals surface area (Å²) in [5, 5.41) is 15.8. The van der Waals surface area contributed by atoms with Crippen LogP contribution in [0.15, 0.2) is 4.99 Å². The van der Waals surface area contributed by atoms with Gasteiger partial charge in [0.25, 0.3) is 12.0 Å². The number of ether oxygens (including phenoxy) is 1. The molecule has 0 bridgehead atoms. The average molecular weight is 674 g/mol. The number of nitrogens with zero attached hydrogens (tertiary/aromatic N) is 5. The fraction of sp³-hybridized carbons (Fsp3) is 0.897. The third-order valence-corrected chi connectivity index (χ3v) is 10.2. The Balaban J connectivity index is 1.82. The standard InChI is InChI=1S/C39H75N7O2/c1-8-11-13-14-15-16-17-18-19-20-21-22-23-24-25-26-28-48-35(40)44-37-43-34(33-29-38(4,5)46(47)39(6,7)30-33)42-36(45-37)41-31-32(10-3)27-12-9-2/h32-33,47H,8-31H2,1-7H3,(H3,40,41,42,43,44,45). The monoisotopic (exact) mass is 674 g/mol. The molecule has 2 heterocycles. The highest BCUT2D eigenvalue weighted by molar-refractivity contribution is 5.73. The lowest BCUT2D eigenvalue weighted by Crippen LogP contribution is -2.58. The normalized spacial score (nSPS) is 17.5. The Morgan fingerprint density at radius 2 is 1.29 bits per heavy atom. The van der Waals surface area contributed by atoms with Crippen molar-refractivity contribution in [1.82, 2.24) is 20.0 Å². The maximum Gasteiger partial charge on any atom is 0.290 e. The van der Waals surface area contributed by atoms with Gasteiger partial charge in [0.15, 0.2) is 0 Å². The molecule has 0 saturated carbocycles. The van der Waals surface area contributed by atoms with Gasteiger partial charge in [0.2, 0.25) is 5.95 Å². The van der Waals surface area contributed by atoms with E-state index in [0.717, 1.165) is 38.6 Å². The van der Waals surface area contributed by atoms with Crippen LogP contribution in [-0.2, 0) is 4.74 Å². The number of aromatic nitrogens is 3. The average Bonchev–Trinajstić information content (AvgIpc) is 3.04.